The van der Waals surface area contributed by atoms with Crippen LogP contribution in [0.5, 0.6) is 0 Å². The van der Waals surface area contributed by atoms with Crippen molar-refractivity contribution in [2.45, 2.75) is 12.5 Å². The van der Waals surface area contributed by atoms with Crippen LogP contribution in [0.15, 0.2) is 36.5 Å². The van der Waals surface area contributed by atoms with Gasteiger partial charge in [-0.1, -0.05) is 29.3 Å². The number of pyridine rings is 1. The van der Waals surface area contributed by atoms with E-state index in [9.17, 15) is 0 Å². The van der Waals surface area contributed by atoms with Crippen molar-refractivity contribution in [1.29, 1.82) is 0 Å². The highest BCUT2D eigenvalue weighted by atomic mass is 35.5. The van der Waals surface area contributed by atoms with E-state index in [2.05, 4.69) is 10.3 Å². The van der Waals surface area contributed by atoms with E-state index < -0.39 is 0 Å². The molecule has 2 rings (SSSR count). The van der Waals surface area contributed by atoms with Crippen LogP contribution in [0.4, 0.5) is 5.82 Å². The third-order valence-corrected chi connectivity index (χ3v) is 3.72. The van der Waals surface area contributed by atoms with E-state index in [1.54, 1.807) is 6.20 Å². The fraction of sp³-hybridized carbons (Fsp3) is 0.214. The van der Waals surface area contributed by atoms with Crippen molar-refractivity contribution in [2.24, 2.45) is 0 Å². The molecule has 0 saturated carbocycles. The summed E-state index contributed by atoms with van der Waals surface area (Å²) in [6.07, 6.45) is 2.52. The number of nitrogens with one attached hydrogen (secondary N) is 1. The molecule has 1 aromatic heterocycles. The van der Waals surface area contributed by atoms with Gasteiger partial charge in [-0.15, -0.1) is 0 Å². The van der Waals surface area contributed by atoms with Crippen LogP contribution in [0.2, 0.25) is 10.0 Å². The fourth-order valence-corrected chi connectivity index (χ4v) is 2.28. The molecule has 0 radical (unpaired) electrons. The molecule has 3 nitrogen and oxygen atoms in total. The molecular weight excluding hydrogens is 281 g/mol. The average Bonchev–Trinajstić information content (AvgIpc) is 2.39. The van der Waals surface area contributed by atoms with E-state index in [-0.39, 0.29) is 6.04 Å². The first-order valence-electron chi connectivity index (χ1n) is 5.92. The number of benzene rings is 1. The number of aromatic nitrogens is 1. The minimum atomic E-state index is 0.150. The number of likely N-dealkylation sites (N-methyl/N-ethyl adjacent to an activating group) is 1. The van der Waals surface area contributed by atoms with Crippen LogP contribution in [0.1, 0.15) is 17.2 Å². The molecule has 1 atom stereocenters. The molecule has 3 N–H and O–H groups in total. The number of nitrogens with two attached hydrogens (primary N) is 1. The Morgan fingerprint density at radius 2 is 2.00 bits per heavy atom. The summed E-state index contributed by atoms with van der Waals surface area (Å²) >= 11 is 12.0. The number of nitrogens with zero attached hydrogens (tertiary/aromatic N) is 1. The maximum atomic E-state index is 6.05. The summed E-state index contributed by atoms with van der Waals surface area (Å²) in [5.74, 6) is 0.529. The number of hydrogen-bond donors (Lipinski definition) is 2. The maximum absolute atomic E-state index is 6.05. The third-order valence-electron chi connectivity index (χ3n) is 2.98. The van der Waals surface area contributed by atoms with E-state index in [1.807, 2.05) is 37.4 Å². The van der Waals surface area contributed by atoms with E-state index in [0.29, 0.717) is 15.9 Å². The Bertz CT molecular complexity index is 572. The molecule has 0 spiro atoms. The zero-order chi connectivity index (χ0) is 13.8. The highest BCUT2D eigenvalue weighted by molar-refractivity contribution is 6.42. The zero-order valence-electron chi connectivity index (χ0n) is 10.5. The van der Waals surface area contributed by atoms with Crippen molar-refractivity contribution in [3.63, 3.8) is 0 Å². The van der Waals surface area contributed by atoms with Crippen molar-refractivity contribution in [1.82, 2.24) is 10.3 Å². The zero-order valence-corrected chi connectivity index (χ0v) is 12.0. The van der Waals surface area contributed by atoms with E-state index >= 15 is 0 Å². The Labute approximate surface area is 122 Å². The molecule has 1 unspecified atom stereocenters. The lowest BCUT2D eigenvalue weighted by molar-refractivity contribution is 0.592. The monoisotopic (exact) mass is 295 g/mol. The van der Waals surface area contributed by atoms with Gasteiger partial charge in [0.25, 0.3) is 0 Å². The molecule has 2 aromatic rings. The van der Waals surface area contributed by atoms with Crippen molar-refractivity contribution in [2.75, 3.05) is 12.8 Å². The van der Waals surface area contributed by atoms with E-state index in [1.165, 1.54) is 0 Å². The van der Waals surface area contributed by atoms with Crippen LogP contribution < -0.4 is 11.1 Å². The second kappa shape index (κ2) is 6.24. The summed E-state index contributed by atoms with van der Waals surface area (Å²) in [4.78, 5) is 3.99. The van der Waals surface area contributed by atoms with Crippen LogP contribution >= 0.6 is 23.2 Å². The molecule has 0 aliphatic carbocycles. The fourth-order valence-electron chi connectivity index (χ4n) is 1.97. The van der Waals surface area contributed by atoms with Gasteiger partial charge in [0.2, 0.25) is 0 Å². The minimum absolute atomic E-state index is 0.150. The number of hydrogen-bond acceptors (Lipinski definition) is 3. The SMILES string of the molecule is CNC(Cc1ccnc(N)c1)c1ccc(Cl)c(Cl)c1. The molecule has 5 heteroatoms. The van der Waals surface area contributed by atoms with Crippen LogP contribution in [0, 0.1) is 0 Å². The summed E-state index contributed by atoms with van der Waals surface area (Å²) in [6, 6.07) is 9.65. The molecule has 0 aliphatic heterocycles. The smallest absolute Gasteiger partial charge is 0.123 e. The molecule has 0 saturated heterocycles. The van der Waals surface area contributed by atoms with Gasteiger partial charge in [0.15, 0.2) is 0 Å². The summed E-state index contributed by atoms with van der Waals surface area (Å²) < 4.78 is 0. The van der Waals surface area contributed by atoms with Gasteiger partial charge in [-0.2, -0.15) is 0 Å². The first-order chi connectivity index (χ1) is 9.10. The maximum Gasteiger partial charge on any atom is 0.123 e. The molecule has 0 amide bonds. The largest absolute Gasteiger partial charge is 0.384 e. The number of halogens is 2. The van der Waals surface area contributed by atoms with Gasteiger partial charge in [0.1, 0.15) is 5.82 Å². The van der Waals surface area contributed by atoms with Crippen LogP contribution in [0.25, 0.3) is 0 Å². The minimum Gasteiger partial charge on any atom is -0.384 e. The summed E-state index contributed by atoms with van der Waals surface area (Å²) in [7, 11) is 1.91. The second-order valence-corrected chi connectivity index (χ2v) is 5.12. The Morgan fingerprint density at radius 1 is 1.21 bits per heavy atom. The van der Waals surface area contributed by atoms with Gasteiger partial charge in [-0.05, 0) is 48.9 Å². The summed E-state index contributed by atoms with van der Waals surface area (Å²) in [5, 5.41) is 4.40. The van der Waals surface area contributed by atoms with Crippen molar-refractivity contribution in [3.8, 4) is 0 Å². The number of rotatable bonds is 4. The van der Waals surface area contributed by atoms with Crippen LogP contribution in [0.3, 0.4) is 0 Å². The number of anilines is 1. The highest BCUT2D eigenvalue weighted by Gasteiger charge is 2.12. The lowest BCUT2D eigenvalue weighted by Crippen LogP contribution is -2.19. The van der Waals surface area contributed by atoms with Gasteiger partial charge >= 0.3 is 0 Å². The quantitative estimate of drug-likeness (QED) is 0.908. The van der Waals surface area contributed by atoms with Crippen molar-refractivity contribution < 1.29 is 0 Å². The molecule has 1 aromatic carbocycles. The second-order valence-electron chi connectivity index (χ2n) is 4.31. The predicted molar refractivity (Wildman–Crippen MR) is 80.6 cm³/mol. The Hall–Kier alpha value is -1.29. The van der Waals surface area contributed by atoms with Gasteiger partial charge in [-0.25, -0.2) is 4.98 Å². The third kappa shape index (κ3) is 3.60. The standard InChI is InChI=1S/C14H15Cl2N3/c1-18-13(6-9-4-5-19-14(17)7-9)10-2-3-11(15)12(16)8-10/h2-5,7-8,13,18H,6H2,1H3,(H2,17,19). The lowest BCUT2D eigenvalue weighted by Gasteiger charge is -2.17. The first-order valence-corrected chi connectivity index (χ1v) is 6.68. The molecule has 0 fully saturated rings. The van der Waals surface area contributed by atoms with Crippen molar-refractivity contribution >= 4 is 29.0 Å². The predicted octanol–water partition coefficient (Wildman–Crippen LogP) is 3.47. The van der Waals surface area contributed by atoms with Gasteiger partial charge < -0.3 is 11.1 Å². The average molecular weight is 296 g/mol. The van der Waals surface area contributed by atoms with Crippen LogP contribution in [-0.2, 0) is 6.42 Å². The van der Waals surface area contributed by atoms with E-state index in [0.717, 1.165) is 17.5 Å². The van der Waals surface area contributed by atoms with Gasteiger partial charge in [0.05, 0.1) is 10.0 Å². The van der Waals surface area contributed by atoms with Crippen LogP contribution in [-0.4, -0.2) is 12.0 Å². The lowest BCUT2D eigenvalue weighted by atomic mass is 9.99. The molecule has 0 aliphatic rings. The Kier molecular flexibility index (Phi) is 4.64. The first kappa shape index (κ1) is 14.1. The molecule has 100 valence electrons. The molecule has 19 heavy (non-hydrogen) atoms. The molecular formula is C14H15Cl2N3. The Morgan fingerprint density at radius 3 is 2.63 bits per heavy atom. The normalized spacial score (nSPS) is 12.4. The van der Waals surface area contributed by atoms with E-state index in [4.69, 9.17) is 28.9 Å². The summed E-state index contributed by atoms with van der Waals surface area (Å²) in [5.41, 5.74) is 7.90. The summed E-state index contributed by atoms with van der Waals surface area (Å²) in [6.45, 7) is 0. The van der Waals surface area contributed by atoms with Gasteiger partial charge in [-0.3, -0.25) is 0 Å². The Balaban J connectivity index is 2.22. The molecule has 1 heterocycles. The van der Waals surface area contributed by atoms with Gasteiger partial charge in [0, 0.05) is 12.2 Å². The van der Waals surface area contributed by atoms with Crippen molar-refractivity contribution in [3.05, 3.63) is 57.7 Å². The molecule has 0 bridgehead atoms. The highest BCUT2D eigenvalue weighted by Crippen LogP contribution is 2.27. The number of nitrogen functional groups attached to an aromatic ring is 1. The topological polar surface area (TPSA) is 50.9 Å².